The van der Waals surface area contributed by atoms with E-state index in [9.17, 15) is 0 Å². The molecule has 0 aromatic heterocycles. The summed E-state index contributed by atoms with van der Waals surface area (Å²) in [7, 11) is 0. The molecule has 5 aliphatic carbocycles. The third-order valence-corrected chi connectivity index (χ3v) is 4.46. The lowest BCUT2D eigenvalue weighted by molar-refractivity contribution is 0.504. The van der Waals surface area contributed by atoms with Crippen molar-refractivity contribution in [1.29, 1.82) is 0 Å². The zero-order chi connectivity index (χ0) is 14.8. The predicted molar refractivity (Wildman–Crippen MR) is 97.0 cm³/mol. The molecule has 0 spiro atoms. The van der Waals surface area contributed by atoms with Crippen molar-refractivity contribution in [3.63, 3.8) is 0 Å². The highest BCUT2D eigenvalue weighted by Crippen LogP contribution is 2.16. The smallest absolute Gasteiger partial charge is 0.0533 e. The lowest BCUT2D eigenvalue weighted by Crippen LogP contribution is -1.85. The average Bonchev–Trinajstić information content (AvgIpc) is 3.40. The summed E-state index contributed by atoms with van der Waals surface area (Å²) in [6, 6.07) is 0. The molecule has 0 aromatic carbocycles. The van der Waals surface area contributed by atoms with Gasteiger partial charge >= 0.3 is 0 Å². The van der Waals surface area contributed by atoms with Crippen LogP contribution >= 0.6 is 0 Å². The second-order valence-corrected chi connectivity index (χ2v) is 7.42. The highest BCUT2D eigenvalue weighted by atomic mass is 14.0. The van der Waals surface area contributed by atoms with Crippen LogP contribution in [0.4, 0.5) is 0 Å². The SMILES string of the molecule is C1CC1.C1CC1.C1CCC1.C1CCCC1.C1CCCCC1. The van der Waals surface area contributed by atoms with Gasteiger partial charge in [-0.1, -0.05) is 135 Å². The van der Waals surface area contributed by atoms with Gasteiger partial charge in [0.1, 0.15) is 0 Å². The molecule has 0 unspecified atom stereocenters. The van der Waals surface area contributed by atoms with E-state index >= 15 is 0 Å². The van der Waals surface area contributed by atoms with Crippen LogP contribution in [-0.4, -0.2) is 0 Å². The molecule has 0 N–H and O–H groups in total. The maximum Gasteiger partial charge on any atom is -0.0533 e. The van der Waals surface area contributed by atoms with E-state index in [1.165, 1.54) is 135 Å². The van der Waals surface area contributed by atoms with Gasteiger partial charge in [-0.05, 0) is 0 Å². The van der Waals surface area contributed by atoms with E-state index in [1.54, 1.807) is 0 Å². The number of rotatable bonds is 0. The van der Waals surface area contributed by atoms with Crippen LogP contribution in [0.2, 0.25) is 0 Å². The largest absolute Gasteiger partial charge is 0.0533 e. The van der Waals surface area contributed by atoms with E-state index in [0.29, 0.717) is 0 Å². The first-order valence-corrected chi connectivity index (χ1v) is 10.5. The van der Waals surface area contributed by atoms with Crippen LogP contribution in [0.5, 0.6) is 0 Å². The summed E-state index contributed by atoms with van der Waals surface area (Å²) in [6.07, 6.45) is 31.5. The molecule has 0 atom stereocenters. The van der Waals surface area contributed by atoms with Crippen LogP contribution in [0.15, 0.2) is 0 Å². The maximum absolute atomic E-state index is 1.50. The molecule has 0 bridgehead atoms. The minimum absolute atomic E-state index is 1.50. The fraction of sp³-hybridized carbons (Fsp3) is 1.00. The Morgan fingerprint density at radius 1 is 0.0952 bits per heavy atom. The molecule has 21 heavy (non-hydrogen) atoms. The first-order valence-electron chi connectivity index (χ1n) is 10.5. The van der Waals surface area contributed by atoms with Crippen LogP contribution < -0.4 is 0 Å². The summed E-state index contributed by atoms with van der Waals surface area (Å²) >= 11 is 0. The van der Waals surface area contributed by atoms with Gasteiger partial charge in [-0.15, -0.1) is 0 Å². The molecule has 0 amide bonds. The summed E-state index contributed by atoms with van der Waals surface area (Å²) in [5, 5.41) is 0. The zero-order valence-corrected chi connectivity index (χ0v) is 14.8. The molecular weight excluding hydrogens is 252 g/mol. The molecular formula is C21H42. The summed E-state index contributed by atoms with van der Waals surface area (Å²) < 4.78 is 0. The monoisotopic (exact) mass is 294 g/mol. The number of hydrogen-bond acceptors (Lipinski definition) is 0. The van der Waals surface area contributed by atoms with E-state index in [1.807, 2.05) is 0 Å². The fourth-order valence-electron chi connectivity index (χ4n) is 2.19. The molecule has 5 fully saturated rings. The second kappa shape index (κ2) is 16.4. The molecule has 0 heterocycles. The Morgan fingerprint density at radius 2 is 0.143 bits per heavy atom. The second-order valence-electron chi connectivity index (χ2n) is 7.42. The molecule has 0 radical (unpaired) electrons. The minimum atomic E-state index is 1.50. The van der Waals surface area contributed by atoms with Gasteiger partial charge in [-0.25, -0.2) is 0 Å². The summed E-state index contributed by atoms with van der Waals surface area (Å²) in [5.74, 6) is 0. The van der Waals surface area contributed by atoms with Gasteiger partial charge < -0.3 is 0 Å². The molecule has 5 rings (SSSR count). The first-order chi connectivity index (χ1) is 10.5. The van der Waals surface area contributed by atoms with Gasteiger partial charge in [0.25, 0.3) is 0 Å². The van der Waals surface area contributed by atoms with Gasteiger partial charge in [0.05, 0.1) is 0 Å². The van der Waals surface area contributed by atoms with Crippen molar-refractivity contribution in [2.24, 2.45) is 0 Å². The van der Waals surface area contributed by atoms with E-state index < -0.39 is 0 Å². The van der Waals surface area contributed by atoms with Crippen molar-refractivity contribution in [2.45, 2.75) is 135 Å². The Kier molecular flexibility index (Phi) is 14.8. The van der Waals surface area contributed by atoms with E-state index in [2.05, 4.69) is 0 Å². The standard InChI is InChI=1S/C6H12.C5H10.C4H8.2C3H6/c1-2-4-6-5-3-1;1-2-4-5-3-1;1-2-4-3-1;2*1-2-3-1/h1-6H2;1-5H2;1-4H2;2*1-3H2. The first kappa shape index (κ1) is 19.0. The molecule has 0 aliphatic heterocycles. The Hall–Kier alpha value is 0. The third kappa shape index (κ3) is 22.4. The van der Waals surface area contributed by atoms with Gasteiger partial charge in [0.15, 0.2) is 0 Å². The highest BCUT2D eigenvalue weighted by Gasteiger charge is 1.96. The normalized spacial score (nSPS) is 24.0. The zero-order valence-electron chi connectivity index (χ0n) is 14.8. The highest BCUT2D eigenvalue weighted by molar-refractivity contribution is 4.52. The molecule has 0 saturated heterocycles. The maximum atomic E-state index is 1.50. The van der Waals surface area contributed by atoms with Crippen molar-refractivity contribution >= 4 is 0 Å². The molecule has 0 aromatic rings. The Balaban J connectivity index is 0.000000135. The molecule has 126 valence electrons. The van der Waals surface area contributed by atoms with Gasteiger partial charge in [0, 0.05) is 0 Å². The lowest BCUT2D eigenvalue weighted by atomic mass is 10.0. The minimum Gasteiger partial charge on any atom is -0.0533 e. The van der Waals surface area contributed by atoms with Crippen molar-refractivity contribution in [1.82, 2.24) is 0 Å². The third-order valence-electron chi connectivity index (χ3n) is 4.46. The van der Waals surface area contributed by atoms with Crippen LogP contribution in [0, 0.1) is 0 Å². The lowest BCUT2D eigenvalue weighted by Gasteiger charge is -2.05. The fourth-order valence-corrected chi connectivity index (χ4v) is 2.19. The van der Waals surface area contributed by atoms with Crippen LogP contribution in [0.1, 0.15) is 135 Å². The Morgan fingerprint density at radius 3 is 0.190 bits per heavy atom. The summed E-state index contributed by atoms with van der Waals surface area (Å²) in [4.78, 5) is 0. The van der Waals surface area contributed by atoms with E-state index in [4.69, 9.17) is 0 Å². The number of hydrogen-bond donors (Lipinski definition) is 0. The van der Waals surface area contributed by atoms with Crippen molar-refractivity contribution < 1.29 is 0 Å². The van der Waals surface area contributed by atoms with Crippen LogP contribution in [0.3, 0.4) is 0 Å². The molecule has 5 saturated carbocycles. The van der Waals surface area contributed by atoms with Crippen LogP contribution in [0.25, 0.3) is 0 Å². The summed E-state index contributed by atoms with van der Waals surface area (Å²) in [5.41, 5.74) is 0. The van der Waals surface area contributed by atoms with Crippen molar-refractivity contribution in [3.05, 3.63) is 0 Å². The molecule has 5 aliphatic rings. The Labute approximate surface area is 135 Å². The molecule has 0 heteroatoms. The van der Waals surface area contributed by atoms with Gasteiger partial charge in [-0.2, -0.15) is 0 Å². The van der Waals surface area contributed by atoms with Crippen molar-refractivity contribution in [3.8, 4) is 0 Å². The Bertz CT molecular complexity index is 134. The van der Waals surface area contributed by atoms with E-state index in [0.717, 1.165) is 0 Å². The van der Waals surface area contributed by atoms with Gasteiger partial charge in [0.2, 0.25) is 0 Å². The van der Waals surface area contributed by atoms with E-state index in [-0.39, 0.29) is 0 Å². The summed E-state index contributed by atoms with van der Waals surface area (Å²) in [6.45, 7) is 0. The predicted octanol–water partition coefficient (Wildman–Crippen LogP) is 8.19. The molecule has 0 nitrogen and oxygen atoms in total. The van der Waals surface area contributed by atoms with Gasteiger partial charge in [-0.3, -0.25) is 0 Å². The average molecular weight is 295 g/mol. The van der Waals surface area contributed by atoms with Crippen molar-refractivity contribution in [2.75, 3.05) is 0 Å². The quantitative estimate of drug-likeness (QED) is 0.422. The topological polar surface area (TPSA) is 0 Å². The van der Waals surface area contributed by atoms with Crippen LogP contribution in [-0.2, 0) is 0 Å².